The van der Waals surface area contributed by atoms with Gasteiger partial charge in [-0.1, -0.05) is 0 Å². The molecule has 118 valence electrons. The molecule has 1 heterocycles. The normalized spacial score (nSPS) is 17.1. The Kier molecular flexibility index (Phi) is 5.21. The minimum absolute atomic E-state index is 0.0211. The zero-order chi connectivity index (χ0) is 15.5. The minimum Gasteiger partial charge on any atom is -0.496 e. The van der Waals surface area contributed by atoms with Crippen molar-refractivity contribution in [3.05, 3.63) is 23.8 Å². The molecule has 0 unspecified atom stereocenters. The monoisotopic (exact) mass is 314 g/mol. The maximum atomic E-state index is 12.7. The number of hydrogen-bond acceptors (Lipinski definition) is 5. The Bertz CT molecular complexity index is 583. The van der Waals surface area contributed by atoms with Crippen LogP contribution in [0, 0.1) is 0 Å². The standard InChI is InChI=1S/C14H22N2O4S/c1-16(12-5-7-20-8-6-12)21(17,18)13-3-4-14(19-2)11(9-13)10-15/h3-4,9,12H,5-8,10,15H2,1-2H3. The zero-order valence-electron chi connectivity index (χ0n) is 12.4. The summed E-state index contributed by atoms with van der Waals surface area (Å²) in [5.74, 6) is 0.602. The van der Waals surface area contributed by atoms with E-state index < -0.39 is 10.0 Å². The van der Waals surface area contributed by atoms with Gasteiger partial charge in [0.2, 0.25) is 10.0 Å². The van der Waals surface area contributed by atoms with Gasteiger partial charge in [0.05, 0.1) is 12.0 Å². The van der Waals surface area contributed by atoms with E-state index in [1.165, 1.54) is 11.4 Å². The SMILES string of the molecule is COc1ccc(S(=O)(=O)N(C)C2CCOCC2)cc1CN. The third-order valence-electron chi connectivity index (χ3n) is 3.85. The molecule has 1 saturated heterocycles. The molecule has 0 atom stereocenters. The third-order valence-corrected chi connectivity index (χ3v) is 5.76. The van der Waals surface area contributed by atoms with Crippen molar-refractivity contribution in [2.75, 3.05) is 27.4 Å². The number of ether oxygens (including phenoxy) is 2. The summed E-state index contributed by atoms with van der Waals surface area (Å²) in [4.78, 5) is 0.248. The molecule has 2 N–H and O–H groups in total. The number of methoxy groups -OCH3 is 1. The summed E-state index contributed by atoms with van der Waals surface area (Å²) < 4.78 is 37.3. The maximum absolute atomic E-state index is 12.7. The molecule has 0 aromatic heterocycles. The molecule has 7 heteroatoms. The van der Waals surface area contributed by atoms with E-state index in [0.29, 0.717) is 24.5 Å². The molecule has 1 aliphatic heterocycles. The van der Waals surface area contributed by atoms with E-state index in [-0.39, 0.29) is 17.5 Å². The molecule has 0 bridgehead atoms. The summed E-state index contributed by atoms with van der Waals surface area (Å²) in [5.41, 5.74) is 6.33. The number of sulfonamides is 1. The van der Waals surface area contributed by atoms with Gasteiger partial charge in [0.25, 0.3) is 0 Å². The molecule has 0 amide bonds. The van der Waals surface area contributed by atoms with Crippen molar-refractivity contribution in [3.8, 4) is 5.75 Å². The largest absolute Gasteiger partial charge is 0.496 e. The van der Waals surface area contributed by atoms with E-state index in [4.69, 9.17) is 15.2 Å². The second-order valence-corrected chi connectivity index (χ2v) is 7.04. The fraction of sp³-hybridized carbons (Fsp3) is 0.571. The number of benzene rings is 1. The second kappa shape index (κ2) is 6.74. The average Bonchev–Trinajstić information content (AvgIpc) is 2.54. The van der Waals surface area contributed by atoms with Crippen molar-refractivity contribution in [1.29, 1.82) is 0 Å². The lowest BCUT2D eigenvalue weighted by atomic mass is 10.1. The van der Waals surface area contributed by atoms with Gasteiger partial charge in [-0.25, -0.2) is 8.42 Å². The van der Waals surface area contributed by atoms with Gasteiger partial charge in [-0.3, -0.25) is 0 Å². The van der Waals surface area contributed by atoms with Crippen LogP contribution in [0.3, 0.4) is 0 Å². The fourth-order valence-corrected chi connectivity index (χ4v) is 3.95. The van der Waals surface area contributed by atoms with Crippen LogP contribution in [-0.2, 0) is 21.3 Å². The quantitative estimate of drug-likeness (QED) is 0.875. The Morgan fingerprint density at radius 2 is 2.05 bits per heavy atom. The van der Waals surface area contributed by atoms with E-state index in [1.54, 1.807) is 25.2 Å². The van der Waals surface area contributed by atoms with Crippen molar-refractivity contribution in [1.82, 2.24) is 4.31 Å². The molecule has 1 aliphatic rings. The first-order valence-electron chi connectivity index (χ1n) is 6.93. The summed E-state index contributed by atoms with van der Waals surface area (Å²) in [7, 11) is -0.368. The number of nitrogens with two attached hydrogens (primary N) is 1. The van der Waals surface area contributed by atoms with Crippen LogP contribution in [0.5, 0.6) is 5.75 Å². The predicted octanol–water partition coefficient (Wildman–Crippen LogP) is 0.953. The van der Waals surface area contributed by atoms with Gasteiger partial charge in [0.15, 0.2) is 0 Å². The van der Waals surface area contributed by atoms with E-state index in [0.717, 1.165) is 12.8 Å². The van der Waals surface area contributed by atoms with Crippen LogP contribution >= 0.6 is 0 Å². The molecular weight excluding hydrogens is 292 g/mol. The van der Waals surface area contributed by atoms with Crippen LogP contribution in [0.1, 0.15) is 18.4 Å². The summed E-state index contributed by atoms with van der Waals surface area (Å²) >= 11 is 0. The lowest BCUT2D eigenvalue weighted by Crippen LogP contribution is -2.40. The Balaban J connectivity index is 2.30. The van der Waals surface area contributed by atoms with Crippen molar-refractivity contribution < 1.29 is 17.9 Å². The summed E-state index contributed by atoms with van der Waals surface area (Å²) in [6.07, 6.45) is 1.44. The van der Waals surface area contributed by atoms with Crippen molar-refractivity contribution >= 4 is 10.0 Å². The third kappa shape index (κ3) is 3.37. The highest BCUT2D eigenvalue weighted by Crippen LogP contribution is 2.26. The minimum atomic E-state index is -3.53. The molecule has 2 rings (SSSR count). The van der Waals surface area contributed by atoms with E-state index in [2.05, 4.69) is 0 Å². The van der Waals surface area contributed by atoms with Gasteiger partial charge in [-0.2, -0.15) is 4.31 Å². The molecule has 0 radical (unpaired) electrons. The number of hydrogen-bond donors (Lipinski definition) is 1. The highest BCUT2D eigenvalue weighted by atomic mass is 32.2. The Morgan fingerprint density at radius 3 is 2.62 bits per heavy atom. The number of nitrogens with zero attached hydrogens (tertiary/aromatic N) is 1. The van der Waals surface area contributed by atoms with E-state index in [1.807, 2.05) is 0 Å². The number of rotatable bonds is 5. The van der Waals surface area contributed by atoms with Gasteiger partial charge in [0.1, 0.15) is 5.75 Å². The van der Waals surface area contributed by atoms with Crippen LogP contribution in [-0.4, -0.2) is 46.1 Å². The van der Waals surface area contributed by atoms with Crippen LogP contribution in [0.2, 0.25) is 0 Å². The Hall–Kier alpha value is -1.15. The first-order valence-corrected chi connectivity index (χ1v) is 8.37. The molecule has 6 nitrogen and oxygen atoms in total. The summed E-state index contributed by atoms with van der Waals surface area (Å²) in [6.45, 7) is 1.43. The molecule has 0 saturated carbocycles. The highest BCUT2D eigenvalue weighted by Gasteiger charge is 2.29. The first kappa shape index (κ1) is 16.2. The first-order chi connectivity index (χ1) is 10.0. The summed E-state index contributed by atoms with van der Waals surface area (Å²) in [5, 5.41) is 0. The molecule has 1 fully saturated rings. The predicted molar refractivity (Wildman–Crippen MR) is 79.7 cm³/mol. The Labute approximate surface area is 125 Å². The van der Waals surface area contributed by atoms with Gasteiger partial charge in [0, 0.05) is 38.4 Å². The Morgan fingerprint density at radius 1 is 1.38 bits per heavy atom. The van der Waals surface area contributed by atoms with Gasteiger partial charge >= 0.3 is 0 Å². The molecule has 0 aliphatic carbocycles. The van der Waals surface area contributed by atoms with Crippen LogP contribution in [0.15, 0.2) is 23.1 Å². The molecule has 1 aromatic rings. The van der Waals surface area contributed by atoms with Crippen molar-refractivity contribution in [2.45, 2.75) is 30.3 Å². The van der Waals surface area contributed by atoms with Crippen molar-refractivity contribution in [2.24, 2.45) is 5.73 Å². The molecule has 0 spiro atoms. The zero-order valence-corrected chi connectivity index (χ0v) is 13.2. The van der Waals surface area contributed by atoms with Crippen molar-refractivity contribution in [3.63, 3.8) is 0 Å². The topological polar surface area (TPSA) is 81.9 Å². The van der Waals surface area contributed by atoms with E-state index >= 15 is 0 Å². The van der Waals surface area contributed by atoms with Crippen LogP contribution < -0.4 is 10.5 Å². The van der Waals surface area contributed by atoms with Crippen LogP contribution in [0.25, 0.3) is 0 Å². The smallest absolute Gasteiger partial charge is 0.243 e. The molecule has 1 aromatic carbocycles. The van der Waals surface area contributed by atoms with Gasteiger partial charge < -0.3 is 15.2 Å². The highest BCUT2D eigenvalue weighted by molar-refractivity contribution is 7.89. The van der Waals surface area contributed by atoms with Gasteiger partial charge in [-0.15, -0.1) is 0 Å². The van der Waals surface area contributed by atoms with Crippen LogP contribution in [0.4, 0.5) is 0 Å². The second-order valence-electron chi connectivity index (χ2n) is 5.04. The average molecular weight is 314 g/mol. The molecular formula is C14H22N2O4S. The lowest BCUT2D eigenvalue weighted by Gasteiger charge is -2.30. The summed E-state index contributed by atoms with van der Waals surface area (Å²) in [6, 6.07) is 4.77. The van der Waals surface area contributed by atoms with Gasteiger partial charge in [-0.05, 0) is 31.0 Å². The lowest BCUT2D eigenvalue weighted by molar-refractivity contribution is 0.0632. The fourth-order valence-electron chi connectivity index (χ4n) is 2.49. The van der Waals surface area contributed by atoms with E-state index in [9.17, 15) is 8.42 Å². The maximum Gasteiger partial charge on any atom is 0.243 e. The molecule has 21 heavy (non-hydrogen) atoms.